The van der Waals surface area contributed by atoms with Crippen LogP contribution in [0.2, 0.25) is 0 Å². The molecule has 0 saturated carbocycles. The van der Waals surface area contributed by atoms with Crippen LogP contribution in [0.25, 0.3) is 0 Å². The minimum atomic E-state index is -2.31. The zero-order valence-corrected chi connectivity index (χ0v) is 6.65. The highest BCUT2D eigenvalue weighted by molar-refractivity contribution is 7.10. The Balaban J connectivity index is 2.49. The average molecular weight is 177 g/mol. The van der Waals surface area contributed by atoms with E-state index in [1.807, 2.05) is 11.4 Å². The van der Waals surface area contributed by atoms with Crippen molar-refractivity contribution in [2.75, 3.05) is 0 Å². The molecule has 0 aliphatic rings. The molecule has 1 heterocycles. The minimum absolute atomic E-state index is 0.249. The molecule has 1 atom stereocenters. The van der Waals surface area contributed by atoms with E-state index in [0.29, 0.717) is 0 Å². The predicted molar refractivity (Wildman–Crippen MR) is 41.9 cm³/mol. The molecule has 4 heteroatoms. The molecule has 0 radical (unpaired) electrons. The van der Waals surface area contributed by atoms with E-state index in [1.165, 1.54) is 11.3 Å². The van der Waals surface area contributed by atoms with Gasteiger partial charge in [0.25, 0.3) is 0 Å². The maximum atomic E-state index is 11.8. The summed E-state index contributed by atoms with van der Waals surface area (Å²) < 4.78 is 23.6. The third-order valence-electron chi connectivity index (χ3n) is 1.34. The molecule has 0 aliphatic heterocycles. The van der Waals surface area contributed by atoms with Crippen LogP contribution in [0.3, 0.4) is 0 Å². The predicted octanol–water partition coefficient (Wildman–Crippen LogP) is 2.40. The Kier molecular flexibility index (Phi) is 2.96. The van der Waals surface area contributed by atoms with Gasteiger partial charge in [0, 0.05) is 17.3 Å². The molecule has 0 spiro atoms. The average Bonchev–Trinajstić information content (AvgIpc) is 2.35. The molecule has 1 aromatic heterocycles. The van der Waals surface area contributed by atoms with Crippen LogP contribution in [-0.4, -0.2) is 6.43 Å². The van der Waals surface area contributed by atoms with Crippen molar-refractivity contribution in [1.29, 1.82) is 0 Å². The van der Waals surface area contributed by atoms with E-state index < -0.39 is 12.5 Å². The molecular formula is C7H9F2NS. The van der Waals surface area contributed by atoms with Crippen LogP contribution in [0.4, 0.5) is 8.78 Å². The lowest BCUT2D eigenvalue weighted by atomic mass is 10.2. The first-order valence-corrected chi connectivity index (χ1v) is 4.15. The SMILES string of the molecule is N[C@H](CC(F)F)c1cccs1. The van der Waals surface area contributed by atoms with E-state index in [1.54, 1.807) is 6.07 Å². The van der Waals surface area contributed by atoms with Gasteiger partial charge in [0.2, 0.25) is 6.43 Å². The Labute approximate surface area is 67.8 Å². The van der Waals surface area contributed by atoms with Crippen LogP contribution in [-0.2, 0) is 0 Å². The van der Waals surface area contributed by atoms with E-state index in [0.717, 1.165) is 4.88 Å². The van der Waals surface area contributed by atoms with Gasteiger partial charge in [-0.05, 0) is 11.4 Å². The maximum Gasteiger partial charge on any atom is 0.240 e. The molecule has 0 unspecified atom stereocenters. The van der Waals surface area contributed by atoms with E-state index in [-0.39, 0.29) is 6.42 Å². The van der Waals surface area contributed by atoms with Crippen molar-refractivity contribution < 1.29 is 8.78 Å². The van der Waals surface area contributed by atoms with Crippen LogP contribution in [0.15, 0.2) is 17.5 Å². The van der Waals surface area contributed by atoms with Gasteiger partial charge in [0.15, 0.2) is 0 Å². The number of alkyl halides is 2. The largest absolute Gasteiger partial charge is 0.323 e. The second-order valence-electron chi connectivity index (χ2n) is 2.25. The van der Waals surface area contributed by atoms with E-state index in [4.69, 9.17) is 5.73 Å². The highest BCUT2D eigenvalue weighted by atomic mass is 32.1. The summed E-state index contributed by atoms with van der Waals surface area (Å²) >= 11 is 1.41. The fourth-order valence-electron chi connectivity index (χ4n) is 0.810. The maximum absolute atomic E-state index is 11.8. The molecular weight excluding hydrogens is 168 g/mol. The van der Waals surface area contributed by atoms with Crippen molar-refractivity contribution in [2.45, 2.75) is 18.9 Å². The summed E-state index contributed by atoms with van der Waals surface area (Å²) in [4.78, 5) is 0.824. The zero-order valence-electron chi connectivity index (χ0n) is 5.84. The fraction of sp³-hybridized carbons (Fsp3) is 0.429. The molecule has 11 heavy (non-hydrogen) atoms. The number of rotatable bonds is 3. The monoisotopic (exact) mass is 177 g/mol. The molecule has 1 rings (SSSR count). The van der Waals surface area contributed by atoms with Gasteiger partial charge in [-0.3, -0.25) is 0 Å². The first-order chi connectivity index (χ1) is 5.20. The first-order valence-electron chi connectivity index (χ1n) is 3.27. The highest BCUT2D eigenvalue weighted by Gasteiger charge is 2.12. The quantitative estimate of drug-likeness (QED) is 0.753. The minimum Gasteiger partial charge on any atom is -0.323 e. The Morgan fingerprint density at radius 2 is 2.27 bits per heavy atom. The van der Waals surface area contributed by atoms with Crippen molar-refractivity contribution in [3.05, 3.63) is 22.4 Å². The van der Waals surface area contributed by atoms with Crippen molar-refractivity contribution in [1.82, 2.24) is 0 Å². The molecule has 1 aromatic rings. The second kappa shape index (κ2) is 3.78. The van der Waals surface area contributed by atoms with Crippen LogP contribution in [0, 0.1) is 0 Å². The van der Waals surface area contributed by atoms with Gasteiger partial charge >= 0.3 is 0 Å². The second-order valence-corrected chi connectivity index (χ2v) is 3.23. The molecule has 0 aromatic carbocycles. The summed E-state index contributed by atoms with van der Waals surface area (Å²) in [5.41, 5.74) is 5.47. The number of nitrogens with two attached hydrogens (primary N) is 1. The Morgan fingerprint density at radius 1 is 1.55 bits per heavy atom. The van der Waals surface area contributed by atoms with Crippen LogP contribution >= 0.6 is 11.3 Å². The number of hydrogen-bond acceptors (Lipinski definition) is 2. The van der Waals surface area contributed by atoms with Gasteiger partial charge in [-0.25, -0.2) is 8.78 Å². The van der Waals surface area contributed by atoms with Crippen LogP contribution in [0.5, 0.6) is 0 Å². The summed E-state index contributed by atoms with van der Waals surface area (Å²) in [5, 5.41) is 1.83. The summed E-state index contributed by atoms with van der Waals surface area (Å²) in [6.45, 7) is 0. The van der Waals surface area contributed by atoms with Gasteiger partial charge in [-0.2, -0.15) is 0 Å². The standard InChI is InChI=1S/C7H9F2NS/c8-7(9)4-5(10)6-2-1-3-11-6/h1-3,5,7H,4,10H2/t5-/m1/s1. The van der Waals surface area contributed by atoms with Crippen LogP contribution < -0.4 is 5.73 Å². The Hall–Kier alpha value is -0.480. The molecule has 0 bridgehead atoms. The Morgan fingerprint density at radius 3 is 2.73 bits per heavy atom. The molecule has 0 aliphatic carbocycles. The number of hydrogen-bond donors (Lipinski definition) is 1. The van der Waals surface area contributed by atoms with Gasteiger partial charge < -0.3 is 5.73 Å². The van der Waals surface area contributed by atoms with Gasteiger partial charge in [0.05, 0.1) is 0 Å². The van der Waals surface area contributed by atoms with Crippen molar-refractivity contribution in [2.24, 2.45) is 5.73 Å². The molecule has 0 fully saturated rings. The summed E-state index contributed by atoms with van der Waals surface area (Å²) in [6.07, 6.45) is -2.56. The van der Waals surface area contributed by atoms with Crippen molar-refractivity contribution >= 4 is 11.3 Å². The lowest BCUT2D eigenvalue weighted by Gasteiger charge is -2.07. The molecule has 0 amide bonds. The summed E-state index contributed by atoms with van der Waals surface area (Å²) in [5.74, 6) is 0. The molecule has 62 valence electrons. The number of halogens is 2. The number of thiophene rings is 1. The normalized spacial score (nSPS) is 13.8. The van der Waals surface area contributed by atoms with Gasteiger partial charge in [-0.1, -0.05) is 6.07 Å². The lowest BCUT2D eigenvalue weighted by Crippen LogP contribution is -2.12. The van der Waals surface area contributed by atoms with Crippen molar-refractivity contribution in [3.8, 4) is 0 Å². The zero-order chi connectivity index (χ0) is 8.27. The summed E-state index contributed by atoms with van der Waals surface area (Å²) in [7, 11) is 0. The highest BCUT2D eigenvalue weighted by Crippen LogP contribution is 2.21. The fourth-order valence-corrected chi connectivity index (χ4v) is 1.55. The molecule has 2 N–H and O–H groups in total. The lowest BCUT2D eigenvalue weighted by molar-refractivity contribution is 0.129. The van der Waals surface area contributed by atoms with E-state index in [9.17, 15) is 8.78 Å². The first kappa shape index (κ1) is 8.62. The van der Waals surface area contributed by atoms with Crippen LogP contribution in [0.1, 0.15) is 17.3 Å². The van der Waals surface area contributed by atoms with E-state index in [2.05, 4.69) is 0 Å². The third-order valence-corrected chi connectivity index (χ3v) is 2.34. The smallest absolute Gasteiger partial charge is 0.240 e. The third kappa shape index (κ3) is 2.55. The van der Waals surface area contributed by atoms with Gasteiger partial charge in [-0.15, -0.1) is 11.3 Å². The van der Waals surface area contributed by atoms with Gasteiger partial charge in [0.1, 0.15) is 0 Å². The topological polar surface area (TPSA) is 26.0 Å². The molecule has 0 saturated heterocycles. The van der Waals surface area contributed by atoms with Crippen molar-refractivity contribution in [3.63, 3.8) is 0 Å². The summed E-state index contributed by atoms with van der Waals surface area (Å²) in [6, 6.07) is 3.08. The Bertz CT molecular complexity index is 198. The van der Waals surface area contributed by atoms with E-state index >= 15 is 0 Å². The molecule has 1 nitrogen and oxygen atoms in total.